The lowest BCUT2D eigenvalue weighted by molar-refractivity contribution is -0.129. The predicted octanol–water partition coefficient (Wildman–Crippen LogP) is 1.10. The van der Waals surface area contributed by atoms with E-state index in [1.165, 1.54) is 12.2 Å². The van der Waals surface area contributed by atoms with Crippen molar-refractivity contribution < 1.29 is 27.5 Å². The number of hydrogen-bond acceptors (Lipinski definition) is 6. The van der Waals surface area contributed by atoms with Gasteiger partial charge in [-0.05, 0) is 30.2 Å². The van der Waals surface area contributed by atoms with E-state index < -0.39 is 27.6 Å². The van der Waals surface area contributed by atoms with Gasteiger partial charge in [0, 0.05) is 12.5 Å². The Morgan fingerprint density at radius 3 is 2.70 bits per heavy atom. The van der Waals surface area contributed by atoms with Gasteiger partial charge < -0.3 is 9.47 Å². The van der Waals surface area contributed by atoms with Crippen LogP contribution in [0, 0.1) is 5.92 Å². The highest BCUT2D eigenvalue weighted by Gasteiger charge is 2.33. The Morgan fingerprint density at radius 1 is 1.19 bits per heavy atom. The number of hydrogen-bond donors (Lipinski definition) is 2. The van der Waals surface area contributed by atoms with Crippen LogP contribution < -0.4 is 20.3 Å². The number of carbonyl (C=O) groups excluding carboxylic acids is 2. The predicted molar refractivity (Wildman–Crippen MR) is 99.1 cm³/mol. The maximum atomic E-state index is 11.9. The second-order valence-electron chi connectivity index (χ2n) is 6.29. The van der Waals surface area contributed by atoms with E-state index in [2.05, 4.69) is 10.9 Å². The lowest BCUT2D eigenvalue weighted by atomic mass is 10.1. The molecule has 0 saturated carbocycles. The lowest BCUT2D eigenvalue weighted by Crippen LogP contribution is -2.44. The molecule has 3 rings (SSSR count). The Morgan fingerprint density at radius 2 is 1.96 bits per heavy atom. The van der Waals surface area contributed by atoms with E-state index in [4.69, 9.17) is 21.1 Å². The molecule has 0 aliphatic carbocycles. The van der Waals surface area contributed by atoms with E-state index in [0.29, 0.717) is 35.3 Å². The molecule has 8 nitrogen and oxygen atoms in total. The minimum absolute atomic E-state index is 0.0101. The number of nitrogens with one attached hydrogen (secondary N) is 2. The first-order valence-electron chi connectivity index (χ1n) is 8.41. The van der Waals surface area contributed by atoms with Gasteiger partial charge in [0.25, 0.3) is 5.91 Å². The number of carbonyl (C=O) groups is 2. The largest absolute Gasteiger partial charge is 0.489 e. The van der Waals surface area contributed by atoms with Gasteiger partial charge in [0.15, 0.2) is 21.3 Å². The van der Waals surface area contributed by atoms with Crippen molar-refractivity contribution >= 4 is 39.3 Å². The highest BCUT2D eigenvalue weighted by Crippen LogP contribution is 2.38. The van der Waals surface area contributed by atoms with Gasteiger partial charge in [0.05, 0.1) is 35.7 Å². The third-order valence-electron chi connectivity index (χ3n) is 4.16. The molecule has 2 heterocycles. The topological polar surface area (TPSA) is 111 Å². The van der Waals surface area contributed by atoms with E-state index in [0.717, 1.165) is 6.42 Å². The Balaban J connectivity index is 1.56. The molecule has 1 fully saturated rings. The van der Waals surface area contributed by atoms with E-state index in [9.17, 15) is 18.0 Å². The van der Waals surface area contributed by atoms with Crippen LogP contribution in [0.2, 0.25) is 5.02 Å². The molecule has 2 aliphatic rings. The van der Waals surface area contributed by atoms with Crippen molar-refractivity contribution in [1.29, 1.82) is 0 Å². The van der Waals surface area contributed by atoms with Crippen LogP contribution in [0.4, 0.5) is 0 Å². The van der Waals surface area contributed by atoms with Gasteiger partial charge >= 0.3 is 0 Å². The summed E-state index contributed by atoms with van der Waals surface area (Å²) in [5, 5.41) is 0.380. The first-order chi connectivity index (χ1) is 12.8. The van der Waals surface area contributed by atoms with E-state index in [1.807, 2.05) is 0 Å². The molecule has 0 unspecified atom stereocenters. The zero-order valence-electron chi connectivity index (χ0n) is 14.4. The normalized spacial score (nSPS) is 20.9. The molecule has 2 aliphatic heterocycles. The smallest absolute Gasteiger partial charge is 0.262 e. The van der Waals surface area contributed by atoms with Gasteiger partial charge in [-0.2, -0.15) is 0 Å². The maximum Gasteiger partial charge on any atom is 0.262 e. The van der Waals surface area contributed by atoms with Crippen molar-refractivity contribution in [3.05, 3.63) is 28.8 Å². The first kappa shape index (κ1) is 19.5. The van der Waals surface area contributed by atoms with Crippen LogP contribution in [0.25, 0.3) is 6.08 Å². The third kappa shape index (κ3) is 5.14. The first-order valence-corrected chi connectivity index (χ1v) is 10.6. The number of hydrazine groups is 1. The number of rotatable bonds is 3. The molecular weight excluding hydrogens is 396 g/mol. The summed E-state index contributed by atoms with van der Waals surface area (Å²) in [5.74, 6) is -0.932. The molecule has 0 aromatic heterocycles. The Bertz CT molecular complexity index is 884. The summed E-state index contributed by atoms with van der Waals surface area (Å²) in [5.41, 5.74) is 5.11. The third-order valence-corrected chi connectivity index (χ3v) is 6.21. The van der Waals surface area contributed by atoms with Crippen molar-refractivity contribution in [3.8, 4) is 11.5 Å². The summed E-state index contributed by atoms with van der Waals surface area (Å²) in [6.07, 6.45) is 3.75. The number of ether oxygens (including phenoxy) is 2. The standard InChI is InChI=1S/C17H19ClN2O6S/c18-13-8-11(9-14-16(13)26-6-1-5-25-14)2-3-15(21)19-20-17(22)12-4-7-27(23,24)10-12/h2-3,8-9,12H,1,4-7,10H2,(H,19,21)(H,20,22)/b3-2+/t12-/m1/s1. The van der Waals surface area contributed by atoms with Crippen molar-refractivity contribution in [2.45, 2.75) is 12.8 Å². The van der Waals surface area contributed by atoms with Gasteiger partial charge in [-0.25, -0.2) is 8.42 Å². The minimum Gasteiger partial charge on any atom is -0.489 e. The number of sulfone groups is 1. The molecule has 2 amide bonds. The molecule has 1 aromatic carbocycles. The quantitative estimate of drug-likeness (QED) is 0.566. The molecule has 10 heteroatoms. The van der Waals surface area contributed by atoms with Crippen LogP contribution >= 0.6 is 11.6 Å². The zero-order chi connectivity index (χ0) is 19.4. The summed E-state index contributed by atoms with van der Waals surface area (Å²) < 4.78 is 33.9. The summed E-state index contributed by atoms with van der Waals surface area (Å²) in [4.78, 5) is 23.8. The molecule has 146 valence electrons. The van der Waals surface area contributed by atoms with Gasteiger partial charge in [-0.3, -0.25) is 20.4 Å². The molecule has 1 aromatic rings. The summed E-state index contributed by atoms with van der Waals surface area (Å²) in [6.45, 7) is 1.03. The molecular formula is C17H19ClN2O6S. The van der Waals surface area contributed by atoms with E-state index in [-0.39, 0.29) is 17.9 Å². The summed E-state index contributed by atoms with van der Waals surface area (Å²) in [6, 6.07) is 3.35. The zero-order valence-corrected chi connectivity index (χ0v) is 15.9. The molecule has 0 bridgehead atoms. The van der Waals surface area contributed by atoms with Gasteiger partial charge in [0.2, 0.25) is 5.91 Å². The van der Waals surface area contributed by atoms with Crippen molar-refractivity contribution in [1.82, 2.24) is 10.9 Å². The second-order valence-corrected chi connectivity index (χ2v) is 8.93. The van der Waals surface area contributed by atoms with E-state index in [1.54, 1.807) is 12.1 Å². The van der Waals surface area contributed by atoms with Crippen molar-refractivity contribution in [2.75, 3.05) is 24.7 Å². The van der Waals surface area contributed by atoms with Crippen molar-refractivity contribution in [3.63, 3.8) is 0 Å². The Hall–Kier alpha value is -2.26. The number of fused-ring (bicyclic) bond motifs is 1. The summed E-state index contributed by atoms with van der Waals surface area (Å²) in [7, 11) is -3.16. The Kier molecular flexibility index (Phi) is 5.91. The van der Waals surface area contributed by atoms with Crippen LogP contribution in [0.5, 0.6) is 11.5 Å². The van der Waals surface area contributed by atoms with Gasteiger partial charge in [-0.15, -0.1) is 0 Å². The molecule has 1 saturated heterocycles. The fourth-order valence-corrected chi connectivity index (χ4v) is 4.80. The number of halogens is 1. The number of amides is 2. The van der Waals surface area contributed by atoms with Crippen molar-refractivity contribution in [2.24, 2.45) is 5.92 Å². The molecule has 0 spiro atoms. The van der Waals surface area contributed by atoms with Gasteiger partial charge in [0.1, 0.15) is 0 Å². The van der Waals surface area contributed by atoms with Crippen LogP contribution in [0.15, 0.2) is 18.2 Å². The Labute approximate surface area is 161 Å². The van der Waals surface area contributed by atoms with Crippen LogP contribution in [-0.2, 0) is 19.4 Å². The average Bonchev–Trinajstić information content (AvgIpc) is 2.83. The van der Waals surface area contributed by atoms with Crippen LogP contribution in [0.1, 0.15) is 18.4 Å². The minimum atomic E-state index is -3.16. The second kappa shape index (κ2) is 8.18. The molecule has 27 heavy (non-hydrogen) atoms. The average molecular weight is 415 g/mol. The highest BCUT2D eigenvalue weighted by molar-refractivity contribution is 7.91. The van der Waals surface area contributed by atoms with Crippen LogP contribution in [0.3, 0.4) is 0 Å². The fourth-order valence-electron chi connectivity index (χ4n) is 2.79. The monoisotopic (exact) mass is 414 g/mol. The number of benzene rings is 1. The van der Waals surface area contributed by atoms with Gasteiger partial charge in [-0.1, -0.05) is 11.6 Å². The summed E-state index contributed by atoms with van der Waals surface area (Å²) >= 11 is 6.19. The lowest BCUT2D eigenvalue weighted by Gasteiger charge is -2.10. The maximum absolute atomic E-state index is 11.9. The highest BCUT2D eigenvalue weighted by atomic mass is 35.5. The molecule has 2 N–H and O–H groups in total. The fraction of sp³-hybridized carbons (Fsp3) is 0.412. The molecule has 0 radical (unpaired) electrons. The van der Waals surface area contributed by atoms with Crippen LogP contribution in [-0.4, -0.2) is 45.0 Å². The molecule has 1 atom stereocenters. The SMILES string of the molecule is O=C(/C=C/c1cc(Cl)c2c(c1)OCCCO2)NNC(=O)[C@@H]1CCS(=O)(=O)C1. The van der Waals surface area contributed by atoms with E-state index >= 15 is 0 Å².